The second-order valence-corrected chi connectivity index (χ2v) is 9.43. The first-order valence-corrected chi connectivity index (χ1v) is 12.3. The molecular weight excluding hydrogens is 474 g/mol. The van der Waals surface area contributed by atoms with E-state index < -0.39 is 0 Å². The number of amides is 1. The van der Waals surface area contributed by atoms with Crippen molar-refractivity contribution in [2.24, 2.45) is 0 Å². The van der Waals surface area contributed by atoms with Crippen LogP contribution >= 0.6 is 11.8 Å². The number of carbonyl (C=O) groups excluding carboxylic acids is 2. The number of anilines is 1. The van der Waals surface area contributed by atoms with Gasteiger partial charge in [0.15, 0.2) is 10.9 Å². The molecule has 8 nitrogen and oxygen atoms in total. The van der Waals surface area contributed by atoms with Crippen molar-refractivity contribution >= 4 is 45.8 Å². The zero-order valence-electron chi connectivity index (χ0n) is 19.8. The van der Waals surface area contributed by atoms with Crippen LogP contribution in [0, 0.1) is 6.92 Å². The predicted octanol–water partition coefficient (Wildman–Crippen LogP) is 4.33. The highest BCUT2D eigenvalue weighted by Crippen LogP contribution is 2.22. The van der Waals surface area contributed by atoms with Gasteiger partial charge < -0.3 is 5.32 Å². The molecule has 0 unspecified atom stereocenters. The van der Waals surface area contributed by atoms with Crippen molar-refractivity contribution in [2.75, 3.05) is 11.1 Å². The number of thioether (sulfide) groups is 1. The minimum atomic E-state index is -0.241. The van der Waals surface area contributed by atoms with Gasteiger partial charge in [0.1, 0.15) is 0 Å². The van der Waals surface area contributed by atoms with Gasteiger partial charge in [0.2, 0.25) is 11.7 Å². The summed E-state index contributed by atoms with van der Waals surface area (Å²) in [6.07, 6.45) is 0. The van der Waals surface area contributed by atoms with E-state index in [2.05, 4.69) is 15.5 Å². The molecule has 9 heteroatoms. The van der Waals surface area contributed by atoms with Gasteiger partial charge in [-0.05, 0) is 43.7 Å². The second kappa shape index (κ2) is 9.79. The zero-order valence-corrected chi connectivity index (χ0v) is 20.6. The van der Waals surface area contributed by atoms with Crippen molar-refractivity contribution in [3.63, 3.8) is 0 Å². The van der Waals surface area contributed by atoms with Crippen molar-refractivity contribution in [3.8, 4) is 0 Å². The Kier molecular flexibility index (Phi) is 6.39. The molecule has 3 aromatic carbocycles. The molecule has 0 saturated heterocycles. The van der Waals surface area contributed by atoms with E-state index in [1.54, 1.807) is 34.9 Å². The minimum absolute atomic E-state index is 0.0704. The Balaban J connectivity index is 1.46. The summed E-state index contributed by atoms with van der Waals surface area (Å²) in [5.41, 5.74) is 3.73. The van der Waals surface area contributed by atoms with E-state index in [1.165, 1.54) is 18.7 Å². The number of carbonyl (C=O) groups is 2. The van der Waals surface area contributed by atoms with Crippen LogP contribution in [0.3, 0.4) is 0 Å². The minimum Gasteiger partial charge on any atom is -0.325 e. The van der Waals surface area contributed by atoms with E-state index in [1.807, 2.05) is 53.8 Å². The van der Waals surface area contributed by atoms with Gasteiger partial charge in [-0.2, -0.15) is 0 Å². The molecular formula is C27H23N5O3S. The van der Waals surface area contributed by atoms with Crippen molar-refractivity contribution in [3.05, 3.63) is 99.8 Å². The van der Waals surface area contributed by atoms with Crippen LogP contribution in [0.25, 0.3) is 16.7 Å². The average molecular weight is 498 g/mol. The van der Waals surface area contributed by atoms with Crippen LogP contribution in [0.2, 0.25) is 0 Å². The fourth-order valence-electron chi connectivity index (χ4n) is 3.99. The molecule has 5 rings (SSSR count). The fraction of sp³-hybridized carbons (Fsp3) is 0.148. The van der Waals surface area contributed by atoms with Gasteiger partial charge in [-0.3, -0.25) is 23.4 Å². The van der Waals surface area contributed by atoms with Crippen LogP contribution in [-0.4, -0.2) is 36.6 Å². The molecule has 2 heterocycles. The number of rotatable bonds is 7. The Morgan fingerprint density at radius 3 is 2.53 bits per heavy atom. The van der Waals surface area contributed by atoms with E-state index in [0.717, 1.165) is 11.1 Å². The van der Waals surface area contributed by atoms with Crippen molar-refractivity contribution < 1.29 is 9.59 Å². The fourth-order valence-corrected chi connectivity index (χ4v) is 4.73. The number of aromatic nitrogens is 4. The lowest BCUT2D eigenvalue weighted by molar-refractivity contribution is -0.113. The quantitative estimate of drug-likeness (QED) is 0.265. The smallest absolute Gasteiger partial charge is 0.263 e. The molecule has 0 saturated carbocycles. The lowest BCUT2D eigenvalue weighted by Gasteiger charge is -2.11. The van der Waals surface area contributed by atoms with E-state index >= 15 is 0 Å². The molecule has 1 amide bonds. The number of aryl methyl sites for hydroxylation is 1. The van der Waals surface area contributed by atoms with Crippen molar-refractivity contribution in [2.45, 2.75) is 25.5 Å². The zero-order chi connectivity index (χ0) is 25.2. The first-order chi connectivity index (χ1) is 17.4. The first-order valence-electron chi connectivity index (χ1n) is 11.4. The maximum absolute atomic E-state index is 13.4. The third-order valence-corrected chi connectivity index (χ3v) is 6.75. The highest BCUT2D eigenvalue weighted by molar-refractivity contribution is 7.99. The number of nitrogens with zero attached hydrogens (tertiary/aromatic N) is 4. The van der Waals surface area contributed by atoms with Gasteiger partial charge in [0, 0.05) is 11.3 Å². The molecule has 0 aliphatic rings. The molecule has 0 atom stereocenters. The summed E-state index contributed by atoms with van der Waals surface area (Å²) in [5, 5.41) is 12.5. The molecule has 0 radical (unpaired) electrons. The largest absolute Gasteiger partial charge is 0.325 e. The normalized spacial score (nSPS) is 11.2. The lowest BCUT2D eigenvalue weighted by Crippen LogP contribution is -2.24. The predicted molar refractivity (Wildman–Crippen MR) is 141 cm³/mol. The number of benzene rings is 3. The molecule has 0 spiro atoms. The Hall–Kier alpha value is -4.24. The molecule has 0 bridgehead atoms. The SMILES string of the molecule is CC(=O)c1cccc(NC(=O)CSc2nnc3n(Cc4ccc(C)cc4)c(=O)c4ccccc4n23)c1. The Labute approximate surface area is 211 Å². The van der Waals surface area contributed by atoms with Crippen LogP contribution in [0.5, 0.6) is 0 Å². The highest BCUT2D eigenvalue weighted by Gasteiger charge is 2.18. The molecule has 1 N–H and O–H groups in total. The maximum Gasteiger partial charge on any atom is 0.263 e. The summed E-state index contributed by atoms with van der Waals surface area (Å²) < 4.78 is 3.43. The first kappa shape index (κ1) is 23.5. The summed E-state index contributed by atoms with van der Waals surface area (Å²) >= 11 is 1.23. The molecule has 2 aromatic heterocycles. The summed E-state index contributed by atoms with van der Waals surface area (Å²) in [6.45, 7) is 3.85. The molecule has 0 aliphatic heterocycles. The number of nitrogens with one attached hydrogen (secondary N) is 1. The molecule has 180 valence electrons. The highest BCUT2D eigenvalue weighted by atomic mass is 32.2. The van der Waals surface area contributed by atoms with Gasteiger partial charge in [-0.1, -0.05) is 65.9 Å². The summed E-state index contributed by atoms with van der Waals surface area (Å²) in [5.74, 6) is 0.182. The van der Waals surface area contributed by atoms with Crippen LogP contribution in [0.15, 0.2) is 82.7 Å². The van der Waals surface area contributed by atoms with Crippen LogP contribution < -0.4 is 10.9 Å². The van der Waals surface area contributed by atoms with Crippen LogP contribution in [0.4, 0.5) is 5.69 Å². The maximum atomic E-state index is 13.4. The van der Waals surface area contributed by atoms with Crippen molar-refractivity contribution in [1.82, 2.24) is 19.2 Å². The summed E-state index contributed by atoms with van der Waals surface area (Å²) in [6, 6.07) is 22.1. The monoisotopic (exact) mass is 497 g/mol. The Morgan fingerprint density at radius 1 is 0.972 bits per heavy atom. The average Bonchev–Trinajstić information content (AvgIpc) is 3.30. The van der Waals surface area contributed by atoms with Crippen LogP contribution in [-0.2, 0) is 11.3 Å². The number of fused-ring (bicyclic) bond motifs is 3. The van der Waals surface area contributed by atoms with Gasteiger partial charge in [-0.15, -0.1) is 10.2 Å². The third kappa shape index (κ3) is 4.65. The van der Waals surface area contributed by atoms with E-state index in [9.17, 15) is 14.4 Å². The standard InChI is InChI=1S/C27H23N5O3S/c1-17-10-12-19(13-11-17)15-31-25(35)22-8-3-4-9-23(22)32-26(31)29-30-27(32)36-16-24(34)28-21-7-5-6-20(14-21)18(2)33/h3-14H,15-16H2,1-2H3,(H,28,34). The van der Waals surface area contributed by atoms with Gasteiger partial charge in [-0.25, -0.2) is 0 Å². The summed E-state index contributed by atoms with van der Waals surface area (Å²) in [7, 11) is 0. The van der Waals surface area contributed by atoms with Crippen LogP contribution in [0.1, 0.15) is 28.4 Å². The molecule has 0 fully saturated rings. The van der Waals surface area contributed by atoms with Gasteiger partial charge >= 0.3 is 0 Å². The Morgan fingerprint density at radius 2 is 1.75 bits per heavy atom. The van der Waals surface area contributed by atoms with E-state index in [-0.39, 0.29) is 23.0 Å². The number of Topliss-reactive ketones (excluding diaryl/α,β-unsaturated/α-hetero) is 1. The molecule has 5 aromatic rings. The Bertz CT molecular complexity index is 1670. The van der Waals surface area contributed by atoms with E-state index in [4.69, 9.17) is 0 Å². The summed E-state index contributed by atoms with van der Waals surface area (Å²) in [4.78, 5) is 37.6. The lowest BCUT2D eigenvalue weighted by atomic mass is 10.1. The van der Waals surface area contributed by atoms with Gasteiger partial charge in [0.25, 0.3) is 5.56 Å². The third-order valence-electron chi connectivity index (χ3n) is 5.82. The topological polar surface area (TPSA) is 98.4 Å². The molecule has 0 aliphatic carbocycles. The number of hydrogen-bond donors (Lipinski definition) is 1. The number of ketones is 1. The number of hydrogen-bond acceptors (Lipinski definition) is 6. The van der Waals surface area contributed by atoms with Gasteiger partial charge in [0.05, 0.1) is 23.2 Å². The molecule has 36 heavy (non-hydrogen) atoms. The van der Waals surface area contributed by atoms with E-state index in [0.29, 0.717) is 39.6 Å². The van der Waals surface area contributed by atoms with Crippen molar-refractivity contribution in [1.29, 1.82) is 0 Å². The second-order valence-electron chi connectivity index (χ2n) is 8.49. The number of para-hydroxylation sites is 1.